The number of benzene rings is 13. The van der Waals surface area contributed by atoms with Crippen molar-refractivity contribution in [2.45, 2.75) is 83.1 Å². The molecule has 13 aromatic carbocycles. The van der Waals surface area contributed by atoms with Crippen LogP contribution in [-0.4, -0.2) is 20.1 Å². The normalized spacial score (nSPS) is 13.6. The van der Waals surface area contributed by atoms with Crippen molar-refractivity contribution in [3.05, 3.63) is 322 Å². The summed E-state index contributed by atoms with van der Waals surface area (Å²) in [6, 6.07) is 97.2. The first-order chi connectivity index (χ1) is 53.1. The summed E-state index contributed by atoms with van der Waals surface area (Å²) in [5.74, 6) is 1.81. The fraction of sp³-hybridized carbons (Fsp3) is 0.122. The molecule has 15 aromatic rings. The second kappa shape index (κ2) is 24.4. The molecule has 0 saturated heterocycles. The van der Waals surface area contributed by atoms with E-state index < -0.39 is 0 Å². The lowest BCUT2D eigenvalue weighted by molar-refractivity contribution is 0.491. The third-order valence-electron chi connectivity index (χ3n) is 24.2. The van der Waals surface area contributed by atoms with E-state index in [1.165, 1.54) is 198 Å². The standard InChI is InChI=1S/C98H78B3N5OS2/c1-55-45-63(9)89(64(10)46-55)105-81-53-69(85-61(7)33-28-34-62(85)8)54-82-88(81)101(96-92(105)91-95(108-96)99-73-41-22-24-43-75(73)102(70-35-16-13-17-36-70)77-49-67(83-57(3)29-26-30-58(83)4)51-79(86(77)99)104(91)72-39-20-15-21-40-72)98-94(107-82)93-97(109-98)100-74-42-23-25-44-76(74)103(71-37-18-14-19-38-71)78-50-68(84-59(5)31-27-32-60(84)6)52-80(87(78)100)106(93)90-65(11)47-56(2)48-66(90)12/h13-54H,1-12H3. The van der Waals surface area contributed by atoms with Gasteiger partial charge in [-0.2, -0.15) is 22.7 Å². The van der Waals surface area contributed by atoms with Crippen molar-refractivity contribution in [2.75, 3.05) is 24.5 Å². The van der Waals surface area contributed by atoms with Crippen LogP contribution in [0.4, 0.5) is 85.3 Å². The summed E-state index contributed by atoms with van der Waals surface area (Å²) in [6.45, 7) is 26.9. The zero-order valence-electron chi connectivity index (χ0n) is 63.4. The number of aryl methyl sites for hydroxylation is 12. The number of hydrogen-bond donors (Lipinski definition) is 0. The van der Waals surface area contributed by atoms with Gasteiger partial charge in [-0.25, -0.2) is 0 Å². The lowest BCUT2D eigenvalue weighted by atomic mass is 9.35. The maximum absolute atomic E-state index is 8.43. The van der Waals surface area contributed by atoms with Gasteiger partial charge in [-0.15, -0.1) is 0 Å². The highest BCUT2D eigenvalue weighted by Gasteiger charge is 2.56. The molecular weight excluding hydrogens is 1360 g/mol. The Hall–Kier alpha value is -11.7. The van der Waals surface area contributed by atoms with Gasteiger partial charge in [-0.05, 0) is 284 Å². The minimum Gasteiger partial charge on any atom is -0.455 e. The number of thiophene rings is 2. The summed E-state index contributed by atoms with van der Waals surface area (Å²) in [5, 5.41) is 0. The van der Waals surface area contributed by atoms with E-state index in [1.54, 1.807) is 0 Å². The minimum atomic E-state index is -0.288. The van der Waals surface area contributed by atoms with Crippen molar-refractivity contribution in [3.8, 4) is 44.9 Å². The summed E-state index contributed by atoms with van der Waals surface area (Å²) >= 11 is 4.03. The van der Waals surface area contributed by atoms with E-state index >= 15 is 0 Å². The van der Waals surface area contributed by atoms with Gasteiger partial charge in [0, 0.05) is 76.0 Å². The third kappa shape index (κ3) is 9.49. The lowest BCUT2D eigenvalue weighted by Gasteiger charge is -2.45. The Bertz CT molecular complexity index is 6330. The van der Waals surface area contributed by atoms with Gasteiger partial charge in [0.2, 0.25) is 0 Å². The van der Waals surface area contributed by atoms with Gasteiger partial charge in [-0.3, -0.25) is 0 Å². The Morgan fingerprint density at radius 2 is 0.569 bits per heavy atom. The average Bonchev–Trinajstić information content (AvgIpc) is 1.53. The predicted molar refractivity (Wildman–Crippen MR) is 469 cm³/mol. The zero-order valence-corrected chi connectivity index (χ0v) is 65.1. The number of ether oxygens (including phenoxy) is 1. The molecule has 0 radical (unpaired) electrons. The Balaban J connectivity index is 0.930. The maximum atomic E-state index is 8.43. The third-order valence-corrected chi connectivity index (χ3v) is 26.8. The highest BCUT2D eigenvalue weighted by atomic mass is 32.1. The van der Waals surface area contributed by atoms with Crippen LogP contribution in [0.15, 0.2) is 255 Å². The smallest absolute Gasteiger partial charge is 0.281 e. The number of nitrogens with zero attached hydrogens (tertiary/aromatic N) is 5. The van der Waals surface area contributed by atoms with Crippen LogP contribution in [0.25, 0.3) is 33.4 Å². The summed E-state index contributed by atoms with van der Waals surface area (Å²) in [6.07, 6.45) is 0. The van der Waals surface area contributed by atoms with E-state index in [2.05, 4.69) is 362 Å². The predicted octanol–water partition coefficient (Wildman–Crippen LogP) is 21.1. The van der Waals surface area contributed by atoms with Gasteiger partial charge in [0.05, 0.1) is 28.4 Å². The molecule has 6 aliphatic rings. The van der Waals surface area contributed by atoms with Crippen molar-refractivity contribution in [1.29, 1.82) is 0 Å². The van der Waals surface area contributed by atoms with E-state index in [-0.39, 0.29) is 20.1 Å². The van der Waals surface area contributed by atoms with Crippen molar-refractivity contribution in [1.82, 2.24) is 0 Å². The molecule has 0 spiro atoms. The van der Waals surface area contributed by atoms with Gasteiger partial charge >= 0.3 is 0 Å². The maximum Gasteiger partial charge on any atom is 0.281 e. The molecule has 0 saturated carbocycles. The van der Waals surface area contributed by atoms with E-state index in [0.29, 0.717) is 0 Å². The van der Waals surface area contributed by atoms with Crippen LogP contribution in [0.5, 0.6) is 11.5 Å². The molecule has 2 aromatic heterocycles. The SMILES string of the molecule is Cc1cc(C)c(N2c3cc(-c4c(C)cccc4C)cc4c3B(c3ccccc3N4c3ccccc3)c3sc4c(c32)Oc2cc(-c3c(C)cccc3C)cc3c2B4c2sc4c(c2N3c2c(C)cc(C)cc2C)N(c2ccccc2)c2cc(-c3c(C)cccc3C)cc3c2B4c2ccccc2N3c2ccccc2)c(C)c1. The second-order valence-corrected chi connectivity index (χ2v) is 33.5. The molecular formula is C98H78B3N5OS2. The summed E-state index contributed by atoms with van der Waals surface area (Å²) < 4.78 is 13.6. The van der Waals surface area contributed by atoms with Gasteiger partial charge < -0.3 is 29.2 Å². The Morgan fingerprint density at radius 1 is 0.248 bits per heavy atom. The van der Waals surface area contributed by atoms with E-state index in [4.69, 9.17) is 4.74 Å². The monoisotopic (exact) mass is 1440 g/mol. The molecule has 109 heavy (non-hydrogen) atoms. The topological polar surface area (TPSA) is 25.4 Å². The van der Waals surface area contributed by atoms with Gasteiger partial charge in [-0.1, -0.05) is 181 Å². The van der Waals surface area contributed by atoms with E-state index in [9.17, 15) is 0 Å². The van der Waals surface area contributed by atoms with Gasteiger partial charge in [0.1, 0.15) is 5.75 Å². The quantitative estimate of drug-likeness (QED) is 0.141. The molecule has 0 N–H and O–H groups in total. The summed E-state index contributed by atoms with van der Waals surface area (Å²) in [5.41, 5.74) is 45.8. The zero-order chi connectivity index (χ0) is 73.8. The summed E-state index contributed by atoms with van der Waals surface area (Å²) in [4.78, 5) is 13.3. The molecule has 0 atom stereocenters. The van der Waals surface area contributed by atoms with Crippen LogP contribution in [0.3, 0.4) is 0 Å². The Morgan fingerprint density at radius 3 is 1.00 bits per heavy atom. The highest BCUT2D eigenvalue weighted by Crippen LogP contribution is 2.58. The highest BCUT2D eigenvalue weighted by molar-refractivity contribution is 7.44. The lowest BCUT2D eigenvalue weighted by Crippen LogP contribution is -2.60. The van der Waals surface area contributed by atoms with Crippen molar-refractivity contribution in [2.24, 2.45) is 0 Å². The fourth-order valence-corrected chi connectivity index (χ4v) is 23.4. The number of para-hydroxylation sites is 5. The largest absolute Gasteiger partial charge is 0.455 e. The van der Waals surface area contributed by atoms with Gasteiger partial charge in [0.15, 0.2) is 5.75 Å². The van der Waals surface area contributed by atoms with Crippen LogP contribution in [0.2, 0.25) is 0 Å². The molecule has 0 unspecified atom stereocenters. The van der Waals surface area contributed by atoms with Gasteiger partial charge in [0.25, 0.3) is 20.1 Å². The van der Waals surface area contributed by atoms with E-state index in [0.717, 1.165) is 45.5 Å². The minimum absolute atomic E-state index is 0.169. The van der Waals surface area contributed by atoms with Crippen LogP contribution in [0, 0.1) is 83.1 Å². The summed E-state index contributed by atoms with van der Waals surface area (Å²) in [7, 11) is 0. The molecule has 8 heterocycles. The Labute approximate surface area is 648 Å². The number of hydrogen-bond acceptors (Lipinski definition) is 8. The fourth-order valence-electron chi connectivity index (χ4n) is 20.3. The van der Waals surface area contributed by atoms with Crippen molar-refractivity contribution >= 4 is 175 Å². The molecule has 6 nitrogen and oxygen atoms in total. The van der Waals surface area contributed by atoms with Crippen LogP contribution >= 0.6 is 22.7 Å². The number of anilines is 15. The molecule has 11 heteroatoms. The molecule has 0 amide bonds. The van der Waals surface area contributed by atoms with Crippen LogP contribution in [0.1, 0.15) is 66.8 Å². The molecule has 21 rings (SSSR count). The molecule has 522 valence electrons. The number of fused-ring (bicyclic) bond motifs is 14. The van der Waals surface area contributed by atoms with Crippen LogP contribution in [-0.2, 0) is 0 Å². The first-order valence-corrected chi connectivity index (χ1v) is 40.0. The van der Waals surface area contributed by atoms with Crippen molar-refractivity contribution in [3.63, 3.8) is 0 Å². The first-order valence-electron chi connectivity index (χ1n) is 38.3. The van der Waals surface area contributed by atoms with E-state index in [1.807, 2.05) is 22.7 Å². The number of rotatable bonds is 8. The first kappa shape index (κ1) is 65.5. The second-order valence-electron chi connectivity index (χ2n) is 31.3. The molecule has 0 aliphatic carbocycles. The molecule has 0 bridgehead atoms. The Kier molecular flexibility index (Phi) is 14.7. The molecule has 6 aliphatic heterocycles. The van der Waals surface area contributed by atoms with Crippen LogP contribution < -0.4 is 75.7 Å². The average molecular weight is 1440 g/mol. The molecule has 0 fully saturated rings. The van der Waals surface area contributed by atoms with Crippen molar-refractivity contribution < 1.29 is 4.74 Å².